The molecule has 1 N–H and O–H groups in total. The number of pyridine rings is 1. The van der Waals surface area contributed by atoms with Gasteiger partial charge in [0.05, 0.1) is 11.1 Å². The molecule has 0 aliphatic heterocycles. The number of halogens is 3. The Balaban J connectivity index is 1.78. The average Bonchev–Trinajstić information content (AvgIpc) is 2.94. The molecule has 0 radical (unpaired) electrons. The Morgan fingerprint density at radius 2 is 1.82 bits per heavy atom. The highest BCUT2D eigenvalue weighted by Crippen LogP contribution is 2.29. The Hall–Kier alpha value is -2.83. The number of anilines is 1. The van der Waals surface area contributed by atoms with Crippen LogP contribution in [0.15, 0.2) is 54.9 Å². The van der Waals surface area contributed by atoms with Crippen LogP contribution in [0.1, 0.15) is 15.9 Å². The van der Waals surface area contributed by atoms with Gasteiger partial charge in [0.15, 0.2) is 0 Å². The lowest BCUT2D eigenvalue weighted by Gasteiger charge is -2.09. The Labute approximate surface area is 123 Å². The van der Waals surface area contributed by atoms with Gasteiger partial charge in [0.25, 0.3) is 5.91 Å². The van der Waals surface area contributed by atoms with E-state index in [1.807, 2.05) is 0 Å². The molecule has 0 aliphatic rings. The molecular formula is C15H10F3N3O. The van der Waals surface area contributed by atoms with Gasteiger partial charge in [0, 0.05) is 23.6 Å². The van der Waals surface area contributed by atoms with Crippen molar-refractivity contribution in [1.82, 2.24) is 9.61 Å². The number of hydrogen-bond acceptors (Lipinski definition) is 2. The fourth-order valence-corrected chi connectivity index (χ4v) is 2.01. The third-order valence-electron chi connectivity index (χ3n) is 3.13. The number of carbonyl (C=O) groups is 1. The Bertz CT molecular complexity index is 822. The molecular weight excluding hydrogens is 295 g/mol. The number of aromatic nitrogens is 2. The summed E-state index contributed by atoms with van der Waals surface area (Å²) in [5, 5.41) is 6.57. The number of benzene rings is 1. The zero-order chi connectivity index (χ0) is 15.7. The SMILES string of the molecule is O=C(Nc1ccc(C(F)(F)F)cc1)c1ccn2nccc2c1. The van der Waals surface area contributed by atoms with Crippen LogP contribution in [0.2, 0.25) is 0 Å². The number of amides is 1. The predicted octanol–water partition coefficient (Wildman–Crippen LogP) is 3.61. The standard InChI is InChI=1S/C15H10F3N3O/c16-15(17,18)11-1-3-12(4-2-11)20-14(22)10-6-8-21-13(9-10)5-7-19-21/h1-9H,(H,20,22). The molecule has 0 aliphatic carbocycles. The Morgan fingerprint density at radius 3 is 2.50 bits per heavy atom. The summed E-state index contributed by atoms with van der Waals surface area (Å²) >= 11 is 0. The lowest BCUT2D eigenvalue weighted by molar-refractivity contribution is -0.137. The third kappa shape index (κ3) is 2.78. The minimum Gasteiger partial charge on any atom is -0.322 e. The lowest BCUT2D eigenvalue weighted by Crippen LogP contribution is -2.12. The van der Waals surface area contributed by atoms with Gasteiger partial charge >= 0.3 is 6.18 Å². The van der Waals surface area contributed by atoms with Crippen LogP contribution < -0.4 is 5.32 Å². The van der Waals surface area contributed by atoms with Crippen molar-refractivity contribution >= 4 is 17.1 Å². The normalized spacial score (nSPS) is 11.6. The van der Waals surface area contributed by atoms with Crippen molar-refractivity contribution in [1.29, 1.82) is 0 Å². The second kappa shape index (κ2) is 5.18. The number of nitrogens with one attached hydrogen (secondary N) is 1. The van der Waals surface area contributed by atoms with Crippen molar-refractivity contribution in [3.63, 3.8) is 0 Å². The van der Waals surface area contributed by atoms with E-state index < -0.39 is 17.6 Å². The first-order valence-corrected chi connectivity index (χ1v) is 6.35. The molecule has 0 atom stereocenters. The fourth-order valence-electron chi connectivity index (χ4n) is 2.01. The first-order valence-electron chi connectivity index (χ1n) is 6.35. The van der Waals surface area contributed by atoms with Gasteiger partial charge in [-0.1, -0.05) is 0 Å². The van der Waals surface area contributed by atoms with E-state index in [0.29, 0.717) is 11.3 Å². The van der Waals surface area contributed by atoms with Crippen molar-refractivity contribution in [3.8, 4) is 0 Å². The summed E-state index contributed by atoms with van der Waals surface area (Å²) in [5.41, 5.74) is 0.686. The maximum atomic E-state index is 12.5. The van der Waals surface area contributed by atoms with E-state index in [1.54, 1.807) is 35.1 Å². The summed E-state index contributed by atoms with van der Waals surface area (Å²) < 4.78 is 39.0. The van der Waals surface area contributed by atoms with Crippen LogP contribution in [-0.2, 0) is 6.18 Å². The molecule has 4 nitrogen and oxygen atoms in total. The van der Waals surface area contributed by atoms with E-state index in [9.17, 15) is 18.0 Å². The van der Waals surface area contributed by atoms with Crippen molar-refractivity contribution in [2.45, 2.75) is 6.18 Å². The van der Waals surface area contributed by atoms with E-state index in [2.05, 4.69) is 10.4 Å². The van der Waals surface area contributed by atoms with Gasteiger partial charge in [-0.2, -0.15) is 18.3 Å². The van der Waals surface area contributed by atoms with Crippen molar-refractivity contribution in [3.05, 3.63) is 66.0 Å². The monoisotopic (exact) mass is 305 g/mol. The second-order valence-electron chi connectivity index (χ2n) is 4.65. The zero-order valence-electron chi connectivity index (χ0n) is 11.1. The van der Waals surface area contributed by atoms with Gasteiger partial charge in [-0.3, -0.25) is 4.79 Å². The second-order valence-corrected chi connectivity index (χ2v) is 4.65. The molecule has 22 heavy (non-hydrogen) atoms. The molecule has 0 spiro atoms. The van der Waals surface area contributed by atoms with Gasteiger partial charge in [-0.05, 0) is 42.5 Å². The number of carbonyl (C=O) groups excluding carboxylic acids is 1. The molecule has 3 rings (SSSR count). The molecule has 3 aromatic rings. The van der Waals surface area contributed by atoms with Crippen LogP contribution in [0.25, 0.3) is 5.52 Å². The molecule has 0 saturated carbocycles. The minimum atomic E-state index is -4.39. The summed E-state index contributed by atoms with van der Waals surface area (Å²) in [7, 11) is 0. The summed E-state index contributed by atoms with van der Waals surface area (Å²) in [5.74, 6) is -0.400. The van der Waals surface area contributed by atoms with Crippen LogP contribution in [-0.4, -0.2) is 15.5 Å². The van der Waals surface area contributed by atoms with Gasteiger partial charge in [-0.25, -0.2) is 4.52 Å². The molecule has 0 saturated heterocycles. The Morgan fingerprint density at radius 1 is 1.09 bits per heavy atom. The average molecular weight is 305 g/mol. The largest absolute Gasteiger partial charge is 0.416 e. The van der Waals surface area contributed by atoms with Gasteiger partial charge < -0.3 is 5.32 Å². The number of alkyl halides is 3. The van der Waals surface area contributed by atoms with Crippen LogP contribution in [0.4, 0.5) is 18.9 Å². The molecule has 0 fully saturated rings. The first kappa shape index (κ1) is 14.1. The lowest BCUT2D eigenvalue weighted by atomic mass is 10.2. The first-order chi connectivity index (χ1) is 10.4. The summed E-state index contributed by atoms with van der Waals surface area (Å²) in [6, 6.07) is 9.27. The minimum absolute atomic E-state index is 0.298. The number of fused-ring (bicyclic) bond motifs is 1. The predicted molar refractivity (Wildman–Crippen MR) is 74.6 cm³/mol. The number of hydrogen-bond donors (Lipinski definition) is 1. The molecule has 112 valence electrons. The molecule has 2 aromatic heterocycles. The molecule has 7 heteroatoms. The number of rotatable bonds is 2. The van der Waals surface area contributed by atoms with Crippen LogP contribution >= 0.6 is 0 Å². The quantitative estimate of drug-likeness (QED) is 0.786. The number of nitrogens with zero attached hydrogens (tertiary/aromatic N) is 2. The molecule has 0 unspecified atom stereocenters. The van der Waals surface area contributed by atoms with Gasteiger partial charge in [0.2, 0.25) is 0 Å². The van der Waals surface area contributed by atoms with E-state index in [-0.39, 0.29) is 0 Å². The maximum Gasteiger partial charge on any atom is 0.416 e. The zero-order valence-corrected chi connectivity index (χ0v) is 11.1. The van der Waals surface area contributed by atoms with E-state index >= 15 is 0 Å². The van der Waals surface area contributed by atoms with Crippen LogP contribution in [0.5, 0.6) is 0 Å². The van der Waals surface area contributed by atoms with Crippen molar-refractivity contribution in [2.24, 2.45) is 0 Å². The van der Waals surface area contributed by atoms with E-state index in [0.717, 1.165) is 17.6 Å². The highest BCUT2D eigenvalue weighted by atomic mass is 19.4. The molecule has 2 heterocycles. The highest BCUT2D eigenvalue weighted by molar-refractivity contribution is 6.04. The third-order valence-corrected chi connectivity index (χ3v) is 3.13. The summed E-state index contributed by atoms with van der Waals surface area (Å²) in [4.78, 5) is 12.1. The van der Waals surface area contributed by atoms with Gasteiger partial charge in [0.1, 0.15) is 0 Å². The molecule has 1 aromatic carbocycles. The molecule has 1 amide bonds. The van der Waals surface area contributed by atoms with E-state index in [4.69, 9.17) is 0 Å². The Kier molecular flexibility index (Phi) is 3.32. The van der Waals surface area contributed by atoms with E-state index in [1.165, 1.54) is 12.1 Å². The fraction of sp³-hybridized carbons (Fsp3) is 0.0667. The highest BCUT2D eigenvalue weighted by Gasteiger charge is 2.29. The summed E-state index contributed by atoms with van der Waals surface area (Å²) in [6.45, 7) is 0. The smallest absolute Gasteiger partial charge is 0.322 e. The van der Waals surface area contributed by atoms with Crippen molar-refractivity contribution < 1.29 is 18.0 Å². The molecule has 0 bridgehead atoms. The van der Waals surface area contributed by atoms with Crippen LogP contribution in [0.3, 0.4) is 0 Å². The maximum absolute atomic E-state index is 12.5. The van der Waals surface area contributed by atoms with Crippen molar-refractivity contribution in [2.75, 3.05) is 5.32 Å². The summed E-state index contributed by atoms with van der Waals surface area (Å²) in [6.07, 6.45) is -1.15. The topological polar surface area (TPSA) is 46.4 Å². The van der Waals surface area contributed by atoms with Gasteiger partial charge in [-0.15, -0.1) is 0 Å². The van der Waals surface area contributed by atoms with Crippen LogP contribution in [0, 0.1) is 0 Å².